The van der Waals surface area contributed by atoms with Crippen LogP contribution < -0.4 is 10.9 Å². The standard InChI is InChI=1S/C15H15N3O4S/c1-8-3-4-10(9(5-8)15(21)22)17-14(20)11-6-13(19)18-12(16-11)7-23-2/h3-6H,7H2,1-2H3,(H,17,20)(H,21,22)(H,16,18,19). The molecule has 1 amide bonds. The van der Waals surface area contributed by atoms with Crippen LogP contribution >= 0.6 is 11.8 Å². The summed E-state index contributed by atoms with van der Waals surface area (Å²) in [5.74, 6) is -0.936. The van der Waals surface area contributed by atoms with E-state index in [2.05, 4.69) is 15.3 Å². The molecule has 0 atom stereocenters. The first-order chi connectivity index (χ1) is 10.9. The molecule has 120 valence electrons. The van der Waals surface area contributed by atoms with Crippen molar-refractivity contribution < 1.29 is 14.7 Å². The molecular formula is C15H15N3O4S. The Morgan fingerprint density at radius 3 is 2.74 bits per heavy atom. The number of carboxylic acids is 1. The fourth-order valence-corrected chi connectivity index (χ4v) is 2.37. The topological polar surface area (TPSA) is 112 Å². The average Bonchev–Trinajstić information content (AvgIpc) is 2.48. The number of hydrogen-bond donors (Lipinski definition) is 3. The smallest absolute Gasteiger partial charge is 0.337 e. The van der Waals surface area contributed by atoms with Crippen LogP contribution in [-0.4, -0.2) is 33.2 Å². The van der Waals surface area contributed by atoms with Crippen LogP contribution in [0.4, 0.5) is 5.69 Å². The third kappa shape index (κ3) is 4.19. The van der Waals surface area contributed by atoms with Crippen molar-refractivity contribution in [3.05, 3.63) is 57.3 Å². The SMILES string of the molecule is CSCc1nc(C(=O)Nc2ccc(C)cc2C(=O)O)cc(=O)[nH]1. The van der Waals surface area contributed by atoms with Crippen LogP contribution in [0.25, 0.3) is 0 Å². The molecule has 0 bridgehead atoms. The van der Waals surface area contributed by atoms with Gasteiger partial charge in [-0.3, -0.25) is 9.59 Å². The number of amides is 1. The van der Waals surface area contributed by atoms with Crippen LogP contribution in [0.2, 0.25) is 0 Å². The van der Waals surface area contributed by atoms with Crippen molar-refractivity contribution in [1.82, 2.24) is 9.97 Å². The number of aromatic amines is 1. The molecule has 0 radical (unpaired) electrons. The number of aromatic nitrogens is 2. The van der Waals surface area contributed by atoms with Gasteiger partial charge in [0, 0.05) is 6.07 Å². The van der Waals surface area contributed by atoms with E-state index in [1.807, 2.05) is 6.26 Å². The summed E-state index contributed by atoms with van der Waals surface area (Å²) in [5.41, 5.74) is 0.400. The molecule has 1 aromatic carbocycles. The van der Waals surface area contributed by atoms with Crippen molar-refractivity contribution in [2.75, 3.05) is 11.6 Å². The molecule has 7 nitrogen and oxygen atoms in total. The predicted octanol–water partition coefficient (Wildman–Crippen LogP) is 1.89. The van der Waals surface area contributed by atoms with E-state index in [-0.39, 0.29) is 16.9 Å². The summed E-state index contributed by atoms with van der Waals surface area (Å²) in [6, 6.07) is 5.73. The van der Waals surface area contributed by atoms with E-state index in [0.717, 1.165) is 11.6 Å². The summed E-state index contributed by atoms with van der Waals surface area (Å²) in [6.07, 6.45) is 1.85. The summed E-state index contributed by atoms with van der Waals surface area (Å²) >= 11 is 1.45. The van der Waals surface area contributed by atoms with E-state index in [1.165, 1.54) is 23.9 Å². The van der Waals surface area contributed by atoms with Crippen LogP contribution in [0.15, 0.2) is 29.1 Å². The zero-order valence-corrected chi connectivity index (χ0v) is 13.4. The molecule has 8 heteroatoms. The van der Waals surface area contributed by atoms with Crippen molar-refractivity contribution in [3.63, 3.8) is 0 Å². The van der Waals surface area contributed by atoms with Crippen LogP contribution in [0.1, 0.15) is 32.2 Å². The number of nitrogens with one attached hydrogen (secondary N) is 2. The van der Waals surface area contributed by atoms with Gasteiger partial charge in [0.05, 0.1) is 17.0 Å². The Bertz CT molecular complexity index is 817. The van der Waals surface area contributed by atoms with Gasteiger partial charge in [-0.25, -0.2) is 9.78 Å². The van der Waals surface area contributed by atoms with Crippen molar-refractivity contribution in [2.45, 2.75) is 12.7 Å². The number of hydrogen-bond acceptors (Lipinski definition) is 5. The fraction of sp³-hybridized carbons (Fsp3) is 0.200. The molecule has 0 spiro atoms. The molecule has 0 saturated carbocycles. The number of carboxylic acid groups (broad SMARTS) is 1. The first kappa shape index (κ1) is 16.8. The predicted molar refractivity (Wildman–Crippen MR) is 88.2 cm³/mol. The number of benzene rings is 1. The Morgan fingerprint density at radius 2 is 2.09 bits per heavy atom. The van der Waals surface area contributed by atoms with E-state index < -0.39 is 17.4 Å². The largest absolute Gasteiger partial charge is 0.478 e. The van der Waals surface area contributed by atoms with Crippen molar-refractivity contribution in [3.8, 4) is 0 Å². The van der Waals surface area contributed by atoms with Gasteiger partial charge in [0.2, 0.25) is 0 Å². The number of nitrogens with zero attached hydrogens (tertiary/aromatic N) is 1. The number of H-pyrrole nitrogens is 1. The Hall–Kier alpha value is -2.61. The number of carbonyl (C=O) groups excluding carboxylic acids is 1. The highest BCUT2D eigenvalue weighted by Crippen LogP contribution is 2.18. The van der Waals surface area contributed by atoms with Gasteiger partial charge >= 0.3 is 5.97 Å². The molecule has 23 heavy (non-hydrogen) atoms. The van der Waals surface area contributed by atoms with Crippen LogP contribution in [-0.2, 0) is 5.75 Å². The second-order valence-electron chi connectivity index (χ2n) is 4.82. The zero-order chi connectivity index (χ0) is 17.0. The van der Waals surface area contributed by atoms with Gasteiger partial charge in [0.25, 0.3) is 11.5 Å². The number of aromatic carboxylic acids is 1. The Morgan fingerprint density at radius 1 is 1.35 bits per heavy atom. The lowest BCUT2D eigenvalue weighted by molar-refractivity contribution is 0.0698. The summed E-state index contributed by atoms with van der Waals surface area (Å²) in [7, 11) is 0. The lowest BCUT2D eigenvalue weighted by atomic mass is 10.1. The Kier molecular flexibility index (Phi) is 5.17. The van der Waals surface area contributed by atoms with Crippen molar-refractivity contribution >= 4 is 29.3 Å². The average molecular weight is 333 g/mol. The molecule has 0 aliphatic heterocycles. The monoisotopic (exact) mass is 333 g/mol. The number of anilines is 1. The Labute approximate surface area is 136 Å². The van der Waals surface area contributed by atoms with Crippen LogP contribution in [0.5, 0.6) is 0 Å². The number of aryl methyl sites for hydroxylation is 1. The van der Waals surface area contributed by atoms with E-state index in [4.69, 9.17) is 0 Å². The van der Waals surface area contributed by atoms with Crippen molar-refractivity contribution in [1.29, 1.82) is 0 Å². The number of rotatable bonds is 5. The summed E-state index contributed by atoms with van der Waals surface area (Å²) in [5, 5.41) is 11.7. The first-order valence-corrected chi connectivity index (χ1v) is 8.04. The lowest BCUT2D eigenvalue weighted by Gasteiger charge is -2.09. The van der Waals surface area contributed by atoms with Crippen molar-refractivity contribution in [2.24, 2.45) is 0 Å². The Balaban J connectivity index is 2.33. The van der Waals surface area contributed by atoms with Gasteiger partial charge in [-0.05, 0) is 25.3 Å². The maximum atomic E-state index is 12.3. The quantitative estimate of drug-likeness (QED) is 0.770. The lowest BCUT2D eigenvalue weighted by Crippen LogP contribution is -2.21. The molecule has 3 N–H and O–H groups in total. The molecule has 2 rings (SSSR count). The minimum atomic E-state index is -1.15. The molecule has 0 fully saturated rings. The maximum Gasteiger partial charge on any atom is 0.337 e. The molecule has 0 aliphatic carbocycles. The first-order valence-electron chi connectivity index (χ1n) is 6.65. The molecule has 1 heterocycles. The van der Waals surface area contributed by atoms with Crippen LogP contribution in [0, 0.1) is 6.92 Å². The molecule has 0 aliphatic rings. The van der Waals surface area contributed by atoms with Gasteiger partial charge in [-0.15, -0.1) is 0 Å². The minimum Gasteiger partial charge on any atom is -0.478 e. The minimum absolute atomic E-state index is 0.0208. The third-order valence-corrected chi connectivity index (χ3v) is 3.52. The normalized spacial score (nSPS) is 10.3. The zero-order valence-electron chi connectivity index (χ0n) is 12.5. The molecule has 0 saturated heterocycles. The highest BCUT2D eigenvalue weighted by molar-refractivity contribution is 7.97. The summed E-state index contributed by atoms with van der Waals surface area (Å²) < 4.78 is 0. The second kappa shape index (κ2) is 7.10. The van der Waals surface area contributed by atoms with Gasteiger partial charge in [-0.2, -0.15) is 11.8 Å². The molecular weight excluding hydrogens is 318 g/mol. The molecule has 0 unspecified atom stereocenters. The summed E-state index contributed by atoms with van der Waals surface area (Å²) in [4.78, 5) is 41.7. The van der Waals surface area contributed by atoms with E-state index in [9.17, 15) is 19.5 Å². The fourth-order valence-electron chi connectivity index (χ4n) is 1.96. The highest BCUT2D eigenvalue weighted by Gasteiger charge is 2.15. The van der Waals surface area contributed by atoms with Gasteiger partial charge < -0.3 is 15.4 Å². The summed E-state index contributed by atoms with van der Waals surface area (Å²) in [6.45, 7) is 1.75. The highest BCUT2D eigenvalue weighted by atomic mass is 32.2. The van der Waals surface area contributed by atoms with Gasteiger partial charge in [-0.1, -0.05) is 11.6 Å². The maximum absolute atomic E-state index is 12.3. The third-order valence-electron chi connectivity index (χ3n) is 2.96. The molecule has 1 aromatic heterocycles. The van der Waals surface area contributed by atoms with Gasteiger partial charge in [0.15, 0.2) is 0 Å². The van der Waals surface area contributed by atoms with Gasteiger partial charge in [0.1, 0.15) is 11.5 Å². The van der Waals surface area contributed by atoms with E-state index >= 15 is 0 Å². The molecule has 2 aromatic rings. The van der Waals surface area contributed by atoms with Crippen LogP contribution in [0.3, 0.4) is 0 Å². The number of thioether (sulfide) groups is 1. The second-order valence-corrected chi connectivity index (χ2v) is 5.68. The van der Waals surface area contributed by atoms with E-state index in [0.29, 0.717) is 11.6 Å². The number of carbonyl (C=O) groups is 2. The van der Waals surface area contributed by atoms with E-state index in [1.54, 1.807) is 13.0 Å².